The molecule has 2 heterocycles. The second-order valence-corrected chi connectivity index (χ2v) is 5.69. The number of rotatable bonds is 3. The third kappa shape index (κ3) is 3.08. The lowest BCUT2D eigenvalue weighted by molar-refractivity contribution is -0.132. The van der Waals surface area contributed by atoms with E-state index in [1.807, 2.05) is 17.0 Å². The minimum absolute atomic E-state index is 0.172. The second-order valence-electron chi connectivity index (χ2n) is 5.69. The number of anilines is 1. The minimum atomic E-state index is 0.172. The molecule has 1 aliphatic heterocycles. The number of benzene rings is 1. The molecule has 2 aromatic rings. The Balaban J connectivity index is 1.63. The Hall–Kier alpha value is -2.43. The van der Waals surface area contributed by atoms with E-state index in [0.717, 1.165) is 30.6 Å². The molecule has 5 nitrogen and oxygen atoms in total. The van der Waals surface area contributed by atoms with E-state index >= 15 is 0 Å². The third-order valence-corrected chi connectivity index (χ3v) is 4.19. The summed E-state index contributed by atoms with van der Waals surface area (Å²) in [5.74, 6) is 0.444. The zero-order valence-electron chi connectivity index (χ0n) is 12.7. The van der Waals surface area contributed by atoms with E-state index in [4.69, 9.17) is 5.73 Å². The lowest BCUT2D eigenvalue weighted by Crippen LogP contribution is -2.36. The van der Waals surface area contributed by atoms with Crippen LogP contribution in [0, 0.1) is 6.92 Å². The Morgan fingerprint density at radius 1 is 1.36 bits per heavy atom. The van der Waals surface area contributed by atoms with Gasteiger partial charge >= 0.3 is 0 Å². The zero-order chi connectivity index (χ0) is 15.5. The van der Waals surface area contributed by atoms with Crippen LogP contribution in [0.15, 0.2) is 30.5 Å². The first-order chi connectivity index (χ1) is 10.6. The van der Waals surface area contributed by atoms with Crippen LogP contribution >= 0.6 is 0 Å². The first-order valence-corrected chi connectivity index (χ1v) is 7.56. The van der Waals surface area contributed by atoms with Gasteiger partial charge in [0.25, 0.3) is 0 Å². The van der Waals surface area contributed by atoms with Crippen LogP contribution in [0.3, 0.4) is 0 Å². The fourth-order valence-corrected chi connectivity index (χ4v) is 2.82. The number of hydrogen-bond donors (Lipinski definition) is 1. The second kappa shape index (κ2) is 6.13. The number of hydrogen-bond acceptors (Lipinski definition) is 4. The predicted molar refractivity (Wildman–Crippen MR) is 85.1 cm³/mol. The van der Waals surface area contributed by atoms with Gasteiger partial charge in [-0.2, -0.15) is 0 Å². The highest BCUT2D eigenvalue weighted by atomic mass is 16.2. The smallest absolute Gasteiger partial charge is 0.223 e. The van der Waals surface area contributed by atoms with Gasteiger partial charge in [-0.05, 0) is 36.5 Å². The van der Waals surface area contributed by atoms with E-state index in [1.165, 1.54) is 11.1 Å². The van der Waals surface area contributed by atoms with E-state index < -0.39 is 0 Å². The maximum Gasteiger partial charge on any atom is 0.223 e. The number of fused-ring (bicyclic) bond motifs is 1. The van der Waals surface area contributed by atoms with Gasteiger partial charge in [-0.3, -0.25) is 4.79 Å². The van der Waals surface area contributed by atoms with E-state index in [9.17, 15) is 4.79 Å². The van der Waals surface area contributed by atoms with Gasteiger partial charge in [0.15, 0.2) is 0 Å². The lowest BCUT2D eigenvalue weighted by atomic mass is 10.0. The molecule has 0 aliphatic carbocycles. The summed E-state index contributed by atoms with van der Waals surface area (Å²) < 4.78 is 0. The van der Waals surface area contributed by atoms with Gasteiger partial charge in [-0.25, -0.2) is 9.97 Å². The Bertz CT molecular complexity index is 699. The molecule has 1 aromatic heterocycles. The minimum Gasteiger partial charge on any atom is -0.368 e. The molecule has 1 aliphatic rings. The summed E-state index contributed by atoms with van der Waals surface area (Å²) in [6, 6.07) is 8.20. The van der Waals surface area contributed by atoms with E-state index in [0.29, 0.717) is 13.0 Å². The van der Waals surface area contributed by atoms with Crippen LogP contribution in [0.1, 0.15) is 28.8 Å². The molecule has 5 heteroatoms. The predicted octanol–water partition coefficient (Wildman–Crippen LogP) is 1.88. The quantitative estimate of drug-likeness (QED) is 0.938. The van der Waals surface area contributed by atoms with Crippen LogP contribution in [-0.4, -0.2) is 27.3 Å². The largest absolute Gasteiger partial charge is 0.368 e. The molecule has 0 spiro atoms. The molecule has 0 saturated carbocycles. The van der Waals surface area contributed by atoms with Crippen molar-refractivity contribution in [3.63, 3.8) is 0 Å². The highest BCUT2D eigenvalue weighted by molar-refractivity contribution is 5.76. The van der Waals surface area contributed by atoms with Crippen molar-refractivity contribution in [2.75, 3.05) is 12.3 Å². The van der Waals surface area contributed by atoms with Crippen LogP contribution in [0.4, 0.5) is 5.95 Å². The molecule has 1 aromatic carbocycles. The third-order valence-electron chi connectivity index (χ3n) is 4.19. The molecule has 3 rings (SSSR count). The van der Waals surface area contributed by atoms with Gasteiger partial charge in [-0.15, -0.1) is 0 Å². The molecule has 0 unspecified atom stereocenters. The molecule has 0 atom stereocenters. The number of nitrogens with zero attached hydrogens (tertiary/aromatic N) is 3. The van der Waals surface area contributed by atoms with Crippen LogP contribution < -0.4 is 5.73 Å². The topological polar surface area (TPSA) is 72.1 Å². The zero-order valence-corrected chi connectivity index (χ0v) is 12.7. The van der Waals surface area contributed by atoms with Gasteiger partial charge < -0.3 is 10.6 Å². The van der Waals surface area contributed by atoms with Crippen molar-refractivity contribution in [3.05, 3.63) is 52.8 Å². The van der Waals surface area contributed by atoms with Crippen molar-refractivity contribution in [2.45, 2.75) is 32.7 Å². The van der Waals surface area contributed by atoms with Crippen molar-refractivity contribution >= 4 is 11.9 Å². The number of aromatic nitrogens is 2. The molecule has 1 amide bonds. The average molecular weight is 296 g/mol. The molecular formula is C17H20N4O. The summed E-state index contributed by atoms with van der Waals surface area (Å²) in [5.41, 5.74) is 10.1. The summed E-state index contributed by atoms with van der Waals surface area (Å²) in [6.07, 6.45) is 3.88. The molecule has 0 fully saturated rings. The van der Waals surface area contributed by atoms with Crippen molar-refractivity contribution in [1.82, 2.24) is 14.9 Å². The number of nitrogen functional groups attached to an aromatic ring is 1. The fraction of sp³-hybridized carbons (Fsp3) is 0.353. The van der Waals surface area contributed by atoms with E-state index in [-0.39, 0.29) is 11.9 Å². The number of aryl methyl sites for hydroxylation is 2. The number of nitrogens with two attached hydrogens (primary N) is 1. The molecule has 22 heavy (non-hydrogen) atoms. The van der Waals surface area contributed by atoms with E-state index in [2.05, 4.69) is 29.0 Å². The Labute approximate surface area is 130 Å². The van der Waals surface area contributed by atoms with Gasteiger partial charge in [0.05, 0.1) is 12.2 Å². The van der Waals surface area contributed by atoms with Crippen LogP contribution in [0.25, 0.3) is 0 Å². The maximum atomic E-state index is 12.4. The molecule has 0 saturated heterocycles. The van der Waals surface area contributed by atoms with Gasteiger partial charge in [0.2, 0.25) is 11.9 Å². The number of amides is 1. The maximum absolute atomic E-state index is 12.4. The summed E-state index contributed by atoms with van der Waals surface area (Å²) in [7, 11) is 0. The molecule has 0 bridgehead atoms. The molecule has 2 N–H and O–H groups in total. The van der Waals surface area contributed by atoms with Gasteiger partial charge in [0, 0.05) is 19.2 Å². The lowest BCUT2D eigenvalue weighted by Gasteiger charge is -2.28. The van der Waals surface area contributed by atoms with Gasteiger partial charge in [0.1, 0.15) is 0 Å². The number of carbonyl (C=O) groups excluding carboxylic acids is 1. The average Bonchev–Trinajstić information content (AvgIpc) is 2.53. The van der Waals surface area contributed by atoms with Gasteiger partial charge in [-0.1, -0.05) is 24.3 Å². The standard InChI is InChI=1S/C17H20N4O/c1-12-4-2-3-5-13(12)6-7-16(22)21-9-8-14-10-19-17(18)20-15(14)11-21/h2-5,10H,6-9,11H2,1H3,(H2,18,19,20). The Morgan fingerprint density at radius 2 is 2.18 bits per heavy atom. The van der Waals surface area contributed by atoms with Crippen molar-refractivity contribution in [3.8, 4) is 0 Å². The highest BCUT2D eigenvalue weighted by Gasteiger charge is 2.22. The first-order valence-electron chi connectivity index (χ1n) is 7.56. The van der Waals surface area contributed by atoms with Crippen molar-refractivity contribution in [2.24, 2.45) is 0 Å². The molecular weight excluding hydrogens is 276 g/mol. The van der Waals surface area contributed by atoms with Crippen LogP contribution in [-0.2, 0) is 24.2 Å². The first kappa shape index (κ1) is 14.5. The molecule has 114 valence electrons. The van der Waals surface area contributed by atoms with Crippen molar-refractivity contribution < 1.29 is 4.79 Å². The monoisotopic (exact) mass is 296 g/mol. The highest BCUT2D eigenvalue weighted by Crippen LogP contribution is 2.18. The van der Waals surface area contributed by atoms with E-state index in [1.54, 1.807) is 6.20 Å². The summed E-state index contributed by atoms with van der Waals surface area (Å²) in [6.45, 7) is 3.35. The van der Waals surface area contributed by atoms with Crippen LogP contribution in [0.5, 0.6) is 0 Å². The normalized spacial score (nSPS) is 13.8. The fourth-order valence-electron chi connectivity index (χ4n) is 2.82. The van der Waals surface area contributed by atoms with Crippen LogP contribution in [0.2, 0.25) is 0 Å². The summed E-state index contributed by atoms with van der Waals surface area (Å²) in [4.78, 5) is 22.6. The molecule has 0 radical (unpaired) electrons. The summed E-state index contributed by atoms with van der Waals surface area (Å²) in [5, 5.41) is 0. The Kier molecular flexibility index (Phi) is 4.04. The summed E-state index contributed by atoms with van der Waals surface area (Å²) >= 11 is 0. The SMILES string of the molecule is Cc1ccccc1CCC(=O)N1CCc2cnc(N)nc2C1. The number of carbonyl (C=O) groups is 1. The Morgan fingerprint density at radius 3 is 3.00 bits per heavy atom. The van der Waals surface area contributed by atoms with Crippen molar-refractivity contribution in [1.29, 1.82) is 0 Å².